The third kappa shape index (κ3) is 5.08. The van der Waals surface area contributed by atoms with E-state index in [-0.39, 0.29) is 23.8 Å². The van der Waals surface area contributed by atoms with Gasteiger partial charge in [0.25, 0.3) is 5.91 Å². The van der Waals surface area contributed by atoms with Gasteiger partial charge in [0.2, 0.25) is 0 Å². The van der Waals surface area contributed by atoms with Crippen LogP contribution in [0, 0.1) is 12.8 Å². The first-order chi connectivity index (χ1) is 18.0. The topological polar surface area (TPSA) is 126 Å². The maximum absolute atomic E-state index is 13.3. The average molecular weight is 504 g/mol. The Balaban J connectivity index is 1.43. The lowest BCUT2D eigenvalue weighted by Crippen LogP contribution is -2.24. The quantitative estimate of drug-likeness (QED) is 0.379. The Kier molecular flexibility index (Phi) is 6.95. The number of nitrogens with zero attached hydrogens (tertiary/aromatic N) is 6. The number of pyridine rings is 1. The van der Waals surface area contributed by atoms with Crippen LogP contribution in [0.4, 0.5) is 5.69 Å². The molecule has 1 aliphatic rings. The van der Waals surface area contributed by atoms with E-state index >= 15 is 0 Å². The minimum absolute atomic E-state index is 0.0817. The Morgan fingerprint density at radius 3 is 2.57 bits per heavy atom. The number of esters is 1. The highest BCUT2D eigenvalue weighted by Crippen LogP contribution is 2.35. The minimum atomic E-state index is -0.343. The third-order valence-electron chi connectivity index (χ3n) is 6.71. The molecule has 4 aromatic heterocycles. The molecular weight excluding hydrogens is 474 g/mol. The molecule has 5 rings (SSSR count). The van der Waals surface area contributed by atoms with Crippen molar-refractivity contribution < 1.29 is 19.1 Å². The Hall–Kier alpha value is -4.12. The highest BCUT2D eigenvalue weighted by Gasteiger charge is 2.29. The van der Waals surface area contributed by atoms with Crippen molar-refractivity contribution in [3.05, 3.63) is 59.8 Å². The van der Waals surface area contributed by atoms with Crippen LogP contribution in [-0.4, -0.2) is 55.5 Å². The van der Waals surface area contributed by atoms with Gasteiger partial charge in [-0.25, -0.2) is 9.50 Å². The number of ether oxygens (including phenoxy) is 2. The average Bonchev–Trinajstić information content (AvgIpc) is 3.53. The first kappa shape index (κ1) is 24.6. The van der Waals surface area contributed by atoms with Crippen LogP contribution >= 0.6 is 0 Å². The van der Waals surface area contributed by atoms with E-state index in [9.17, 15) is 9.59 Å². The van der Waals surface area contributed by atoms with E-state index in [2.05, 4.69) is 20.4 Å². The van der Waals surface area contributed by atoms with Crippen LogP contribution in [0.1, 0.15) is 53.2 Å². The minimum Gasteiger partial charge on any atom is -0.469 e. The van der Waals surface area contributed by atoms with Gasteiger partial charge in [-0.2, -0.15) is 10.2 Å². The van der Waals surface area contributed by atoms with Crippen LogP contribution in [0.25, 0.3) is 17.0 Å². The molecule has 0 bridgehead atoms. The van der Waals surface area contributed by atoms with Crippen molar-refractivity contribution in [2.45, 2.75) is 45.3 Å². The summed E-state index contributed by atoms with van der Waals surface area (Å²) in [6.45, 7) is 2.37. The van der Waals surface area contributed by atoms with E-state index in [1.807, 2.05) is 29.9 Å². The van der Waals surface area contributed by atoms with E-state index in [1.54, 1.807) is 30.2 Å². The molecule has 0 radical (unpaired) electrons. The Labute approximate surface area is 213 Å². The fourth-order valence-corrected chi connectivity index (χ4v) is 4.71. The smallest absolute Gasteiger partial charge is 0.308 e. The largest absolute Gasteiger partial charge is 0.469 e. The summed E-state index contributed by atoms with van der Waals surface area (Å²) in [7, 11) is 3.04. The van der Waals surface area contributed by atoms with E-state index in [0.29, 0.717) is 34.9 Å². The van der Waals surface area contributed by atoms with Gasteiger partial charge >= 0.3 is 5.97 Å². The predicted octanol–water partition coefficient (Wildman–Crippen LogP) is 3.60. The Morgan fingerprint density at radius 2 is 1.86 bits per heavy atom. The highest BCUT2D eigenvalue weighted by atomic mass is 16.5. The Morgan fingerprint density at radius 1 is 1.05 bits per heavy atom. The van der Waals surface area contributed by atoms with Crippen LogP contribution in [0.3, 0.4) is 0 Å². The molecule has 11 heteroatoms. The molecule has 4 heterocycles. The van der Waals surface area contributed by atoms with Crippen molar-refractivity contribution in [2.24, 2.45) is 5.92 Å². The summed E-state index contributed by atoms with van der Waals surface area (Å²) < 4.78 is 13.5. The van der Waals surface area contributed by atoms with Gasteiger partial charge in [0, 0.05) is 37.5 Å². The SMILES string of the molecule is COCc1cnc2c(C(=O)Nc3cn(C4CCC(C(=O)OC)CC4)nc3-c3ccc(C)cn3)cnn2c1. The summed E-state index contributed by atoms with van der Waals surface area (Å²) in [6.07, 6.45) is 11.6. The zero-order chi connectivity index (χ0) is 25.9. The molecule has 0 unspecified atom stereocenters. The summed E-state index contributed by atoms with van der Waals surface area (Å²) in [5.41, 5.74) is 4.45. The fraction of sp³-hybridized carbons (Fsp3) is 0.385. The summed E-state index contributed by atoms with van der Waals surface area (Å²) in [5, 5.41) is 12.1. The van der Waals surface area contributed by atoms with Gasteiger partial charge in [-0.15, -0.1) is 0 Å². The first-order valence-corrected chi connectivity index (χ1v) is 12.2. The molecular formula is C26H29N7O4. The van der Waals surface area contributed by atoms with Gasteiger partial charge < -0.3 is 14.8 Å². The molecule has 4 aromatic rings. The van der Waals surface area contributed by atoms with Gasteiger partial charge in [-0.3, -0.25) is 19.3 Å². The third-order valence-corrected chi connectivity index (χ3v) is 6.71. The molecule has 0 aliphatic heterocycles. The molecule has 1 fully saturated rings. The summed E-state index contributed by atoms with van der Waals surface area (Å²) in [4.78, 5) is 34.2. The fourth-order valence-electron chi connectivity index (χ4n) is 4.71. The van der Waals surface area contributed by atoms with E-state index in [1.165, 1.54) is 13.3 Å². The second kappa shape index (κ2) is 10.5. The first-order valence-electron chi connectivity index (χ1n) is 12.2. The van der Waals surface area contributed by atoms with E-state index < -0.39 is 0 Å². The number of amides is 1. The normalized spacial score (nSPS) is 17.6. The van der Waals surface area contributed by atoms with Crippen molar-refractivity contribution in [3.8, 4) is 11.4 Å². The number of carbonyl (C=O) groups excluding carboxylic acids is 2. The zero-order valence-electron chi connectivity index (χ0n) is 21.0. The summed E-state index contributed by atoms with van der Waals surface area (Å²) in [5.74, 6) is -0.584. The molecule has 1 N–H and O–H groups in total. The molecule has 0 aromatic carbocycles. The maximum Gasteiger partial charge on any atom is 0.308 e. The molecule has 192 valence electrons. The second-order valence-electron chi connectivity index (χ2n) is 9.30. The van der Waals surface area contributed by atoms with Crippen molar-refractivity contribution >= 4 is 23.2 Å². The number of hydrogen-bond acceptors (Lipinski definition) is 8. The van der Waals surface area contributed by atoms with Crippen molar-refractivity contribution in [1.82, 2.24) is 29.4 Å². The van der Waals surface area contributed by atoms with Crippen LogP contribution in [0.15, 0.2) is 43.1 Å². The molecule has 11 nitrogen and oxygen atoms in total. The van der Waals surface area contributed by atoms with Crippen molar-refractivity contribution in [1.29, 1.82) is 0 Å². The monoisotopic (exact) mass is 503 g/mol. The number of carbonyl (C=O) groups is 2. The van der Waals surface area contributed by atoms with Gasteiger partial charge in [0.1, 0.15) is 11.3 Å². The second-order valence-corrected chi connectivity index (χ2v) is 9.30. The number of aromatic nitrogens is 6. The van der Waals surface area contributed by atoms with Crippen LogP contribution < -0.4 is 5.32 Å². The maximum atomic E-state index is 13.3. The molecule has 0 saturated heterocycles. The van der Waals surface area contributed by atoms with Gasteiger partial charge in [0.15, 0.2) is 5.65 Å². The van der Waals surface area contributed by atoms with Crippen molar-refractivity contribution in [3.63, 3.8) is 0 Å². The van der Waals surface area contributed by atoms with Gasteiger partial charge in [-0.05, 0) is 44.2 Å². The number of anilines is 1. The number of methoxy groups -OCH3 is 2. The lowest BCUT2D eigenvalue weighted by Gasteiger charge is -2.27. The van der Waals surface area contributed by atoms with Crippen molar-refractivity contribution in [2.75, 3.05) is 19.5 Å². The highest BCUT2D eigenvalue weighted by molar-refractivity contribution is 6.09. The van der Waals surface area contributed by atoms with Gasteiger partial charge in [-0.1, -0.05) is 6.07 Å². The summed E-state index contributed by atoms with van der Waals surface area (Å²) in [6, 6.07) is 3.95. The van der Waals surface area contributed by atoms with Crippen LogP contribution in [0.2, 0.25) is 0 Å². The molecule has 0 spiro atoms. The number of hydrogen-bond donors (Lipinski definition) is 1. The zero-order valence-corrected chi connectivity index (χ0v) is 21.0. The van der Waals surface area contributed by atoms with Gasteiger partial charge in [0.05, 0.1) is 43.3 Å². The van der Waals surface area contributed by atoms with Crippen LogP contribution in [-0.2, 0) is 20.9 Å². The number of aryl methyl sites for hydroxylation is 1. The lowest BCUT2D eigenvalue weighted by atomic mass is 9.86. The molecule has 1 amide bonds. The molecule has 37 heavy (non-hydrogen) atoms. The number of nitrogens with one attached hydrogen (secondary N) is 1. The Bertz CT molecular complexity index is 1420. The molecule has 0 atom stereocenters. The van der Waals surface area contributed by atoms with Crippen LogP contribution in [0.5, 0.6) is 0 Å². The lowest BCUT2D eigenvalue weighted by molar-refractivity contribution is -0.146. The predicted molar refractivity (Wildman–Crippen MR) is 135 cm³/mol. The number of rotatable bonds is 7. The number of fused-ring (bicyclic) bond motifs is 1. The molecule has 1 saturated carbocycles. The summed E-state index contributed by atoms with van der Waals surface area (Å²) >= 11 is 0. The molecule has 1 aliphatic carbocycles. The van der Waals surface area contributed by atoms with E-state index in [4.69, 9.17) is 14.6 Å². The standard InChI is InChI=1S/C26H29N7O4/c1-16-4-9-21(27-10-16)23-22(14-32(31-23)19-7-5-18(6-8-19)26(35)37-3)30-25(34)20-12-29-33-13-17(15-36-2)11-28-24(20)33/h4,9-14,18-19H,5-8,15H2,1-3H3,(H,30,34). The van der Waals surface area contributed by atoms with E-state index in [0.717, 1.165) is 36.8 Å².